The maximum absolute atomic E-state index is 12.8. The van der Waals surface area contributed by atoms with Gasteiger partial charge in [-0.15, -0.1) is 0 Å². The van der Waals surface area contributed by atoms with Crippen LogP contribution >= 0.6 is 0 Å². The molecule has 1 rings (SSSR count). The van der Waals surface area contributed by atoms with Gasteiger partial charge in [-0.1, -0.05) is 25.5 Å². The number of esters is 1. The van der Waals surface area contributed by atoms with Crippen LogP contribution in [0.1, 0.15) is 47.5 Å². The van der Waals surface area contributed by atoms with E-state index in [2.05, 4.69) is 16.0 Å². The van der Waals surface area contributed by atoms with Gasteiger partial charge in [0.2, 0.25) is 5.91 Å². The summed E-state index contributed by atoms with van der Waals surface area (Å²) in [6.07, 6.45) is 2.25. The SMILES string of the molecule is C/C=C/COC(=O)CNC(=O)C(O)C(CCC)NC(=O)C1CN(C(=O)OC(C)(C)C)CCN1. The van der Waals surface area contributed by atoms with Crippen molar-refractivity contribution in [1.82, 2.24) is 20.9 Å². The lowest BCUT2D eigenvalue weighted by molar-refractivity contribution is -0.144. The number of amides is 3. The number of aliphatic hydroxyl groups excluding tert-OH is 1. The first-order valence-corrected chi connectivity index (χ1v) is 11.2. The molecule has 1 aliphatic heterocycles. The molecule has 0 radical (unpaired) electrons. The Labute approximate surface area is 195 Å². The second kappa shape index (κ2) is 13.8. The average Bonchev–Trinajstić information content (AvgIpc) is 2.75. The number of rotatable bonds is 10. The normalized spacial score (nSPS) is 18.4. The second-order valence-corrected chi connectivity index (χ2v) is 8.75. The predicted molar refractivity (Wildman–Crippen MR) is 121 cm³/mol. The van der Waals surface area contributed by atoms with Crippen LogP contribution in [0.5, 0.6) is 0 Å². The Morgan fingerprint density at radius 2 is 1.97 bits per heavy atom. The predicted octanol–water partition coefficient (Wildman–Crippen LogP) is 0.0766. The monoisotopic (exact) mass is 470 g/mol. The molecule has 11 nitrogen and oxygen atoms in total. The Hall–Kier alpha value is -2.66. The Bertz CT molecular complexity index is 705. The fraction of sp³-hybridized carbons (Fsp3) is 0.727. The van der Waals surface area contributed by atoms with Crippen molar-refractivity contribution < 1.29 is 33.8 Å². The van der Waals surface area contributed by atoms with Crippen molar-refractivity contribution in [2.45, 2.75) is 71.2 Å². The van der Waals surface area contributed by atoms with Gasteiger partial charge in [0.1, 0.15) is 24.8 Å². The molecule has 3 amide bonds. The Kier molecular flexibility index (Phi) is 11.9. The molecule has 1 aliphatic rings. The van der Waals surface area contributed by atoms with E-state index in [-0.39, 0.29) is 13.2 Å². The average molecular weight is 471 g/mol. The number of allylic oxidation sites excluding steroid dienone is 1. The summed E-state index contributed by atoms with van der Waals surface area (Å²) in [7, 11) is 0. The quantitative estimate of drug-likeness (QED) is 0.259. The molecule has 0 spiro atoms. The van der Waals surface area contributed by atoms with E-state index in [0.29, 0.717) is 25.9 Å². The third-order valence-electron chi connectivity index (χ3n) is 4.70. The molecule has 188 valence electrons. The van der Waals surface area contributed by atoms with Crippen LogP contribution in [0.15, 0.2) is 12.2 Å². The van der Waals surface area contributed by atoms with E-state index in [1.54, 1.807) is 39.8 Å². The first kappa shape index (κ1) is 28.4. The van der Waals surface area contributed by atoms with Crippen LogP contribution in [0.25, 0.3) is 0 Å². The number of carbonyl (C=O) groups is 4. The molecule has 3 atom stereocenters. The van der Waals surface area contributed by atoms with Crippen molar-refractivity contribution >= 4 is 23.9 Å². The van der Waals surface area contributed by atoms with Crippen molar-refractivity contribution in [3.05, 3.63) is 12.2 Å². The number of ether oxygens (including phenoxy) is 2. The summed E-state index contributed by atoms with van der Waals surface area (Å²) in [5.74, 6) is -1.87. The smallest absolute Gasteiger partial charge is 0.410 e. The molecule has 0 aromatic heterocycles. The van der Waals surface area contributed by atoms with Gasteiger partial charge in [-0.25, -0.2) is 4.79 Å². The summed E-state index contributed by atoms with van der Waals surface area (Å²) in [6.45, 7) is 9.52. The molecule has 3 unspecified atom stereocenters. The molecule has 33 heavy (non-hydrogen) atoms. The molecule has 1 saturated heterocycles. The van der Waals surface area contributed by atoms with Crippen molar-refractivity contribution in [1.29, 1.82) is 0 Å². The minimum absolute atomic E-state index is 0.0942. The first-order chi connectivity index (χ1) is 15.5. The molecule has 1 fully saturated rings. The van der Waals surface area contributed by atoms with Gasteiger partial charge in [0, 0.05) is 19.6 Å². The van der Waals surface area contributed by atoms with Crippen LogP contribution in [0.4, 0.5) is 4.79 Å². The molecular weight excluding hydrogens is 432 g/mol. The lowest BCUT2D eigenvalue weighted by Gasteiger charge is -2.35. The molecular formula is C22H38N4O7. The lowest BCUT2D eigenvalue weighted by atomic mass is 10.0. The lowest BCUT2D eigenvalue weighted by Crippen LogP contribution is -2.61. The van der Waals surface area contributed by atoms with Gasteiger partial charge in [-0.2, -0.15) is 0 Å². The zero-order chi connectivity index (χ0) is 25.0. The fourth-order valence-electron chi connectivity index (χ4n) is 3.06. The Morgan fingerprint density at radius 3 is 2.58 bits per heavy atom. The molecule has 0 saturated carbocycles. The number of carbonyl (C=O) groups excluding carboxylic acids is 4. The molecule has 11 heteroatoms. The summed E-state index contributed by atoms with van der Waals surface area (Å²) in [4.78, 5) is 50.5. The third kappa shape index (κ3) is 10.7. The minimum atomic E-state index is -1.55. The zero-order valence-electron chi connectivity index (χ0n) is 20.2. The van der Waals surface area contributed by atoms with Gasteiger partial charge in [0.25, 0.3) is 5.91 Å². The maximum atomic E-state index is 12.8. The third-order valence-corrected chi connectivity index (χ3v) is 4.70. The van der Waals surface area contributed by atoms with Crippen LogP contribution < -0.4 is 16.0 Å². The van der Waals surface area contributed by atoms with E-state index in [1.807, 2.05) is 6.92 Å². The molecule has 1 heterocycles. The van der Waals surface area contributed by atoms with E-state index >= 15 is 0 Å². The van der Waals surface area contributed by atoms with Gasteiger partial charge in [0.05, 0.1) is 6.04 Å². The number of piperazine rings is 1. The van der Waals surface area contributed by atoms with Crippen molar-refractivity contribution in [3.63, 3.8) is 0 Å². The molecule has 0 bridgehead atoms. The van der Waals surface area contributed by atoms with Gasteiger partial charge < -0.3 is 35.4 Å². The van der Waals surface area contributed by atoms with Crippen molar-refractivity contribution in [3.8, 4) is 0 Å². The van der Waals surface area contributed by atoms with Crippen molar-refractivity contribution in [2.75, 3.05) is 32.8 Å². The van der Waals surface area contributed by atoms with Crippen LogP contribution in [0.2, 0.25) is 0 Å². The second-order valence-electron chi connectivity index (χ2n) is 8.75. The van der Waals surface area contributed by atoms with E-state index < -0.39 is 54.2 Å². The van der Waals surface area contributed by atoms with Crippen LogP contribution in [-0.2, 0) is 23.9 Å². The van der Waals surface area contributed by atoms with Crippen LogP contribution in [0.3, 0.4) is 0 Å². The number of aliphatic hydroxyl groups is 1. The highest BCUT2D eigenvalue weighted by Crippen LogP contribution is 2.12. The summed E-state index contributed by atoms with van der Waals surface area (Å²) < 4.78 is 10.2. The van der Waals surface area contributed by atoms with Crippen LogP contribution in [-0.4, -0.2) is 90.5 Å². The highest BCUT2D eigenvalue weighted by molar-refractivity contribution is 5.87. The summed E-state index contributed by atoms with van der Waals surface area (Å²) in [5.41, 5.74) is -0.650. The maximum Gasteiger partial charge on any atom is 0.410 e. The minimum Gasteiger partial charge on any atom is -0.460 e. The van der Waals surface area contributed by atoms with Gasteiger partial charge >= 0.3 is 12.1 Å². The standard InChI is InChI=1S/C22H38N4O7/c1-6-8-12-32-17(27)13-24-20(30)18(28)15(9-7-2)25-19(29)16-14-26(11-10-23-16)21(31)33-22(3,4)5/h6,8,15-16,18,23,28H,7,9-14H2,1-5H3,(H,24,30)(H,25,29)/b8-6+. The van der Waals surface area contributed by atoms with Gasteiger partial charge in [-0.05, 0) is 34.1 Å². The van der Waals surface area contributed by atoms with Crippen LogP contribution in [0, 0.1) is 0 Å². The molecule has 4 N–H and O–H groups in total. The van der Waals surface area contributed by atoms with Crippen molar-refractivity contribution in [2.24, 2.45) is 0 Å². The molecule has 0 aromatic carbocycles. The molecule has 0 aliphatic carbocycles. The first-order valence-electron chi connectivity index (χ1n) is 11.2. The Balaban J connectivity index is 2.64. The topological polar surface area (TPSA) is 146 Å². The number of nitrogens with one attached hydrogen (secondary N) is 3. The Morgan fingerprint density at radius 1 is 1.27 bits per heavy atom. The van der Waals surface area contributed by atoms with E-state index in [0.717, 1.165) is 0 Å². The number of nitrogens with zero attached hydrogens (tertiary/aromatic N) is 1. The summed E-state index contributed by atoms with van der Waals surface area (Å²) in [5, 5.41) is 18.5. The highest BCUT2D eigenvalue weighted by atomic mass is 16.6. The van der Waals surface area contributed by atoms with E-state index in [4.69, 9.17) is 9.47 Å². The van der Waals surface area contributed by atoms with Gasteiger partial charge in [0.15, 0.2) is 6.10 Å². The summed E-state index contributed by atoms with van der Waals surface area (Å²) >= 11 is 0. The fourth-order valence-corrected chi connectivity index (χ4v) is 3.06. The zero-order valence-corrected chi connectivity index (χ0v) is 20.2. The number of hydrogen-bond donors (Lipinski definition) is 4. The van der Waals surface area contributed by atoms with Gasteiger partial charge in [-0.3, -0.25) is 14.4 Å². The molecule has 0 aromatic rings. The van der Waals surface area contributed by atoms with E-state index in [9.17, 15) is 24.3 Å². The number of hydrogen-bond acceptors (Lipinski definition) is 8. The largest absolute Gasteiger partial charge is 0.460 e. The summed E-state index contributed by atoms with van der Waals surface area (Å²) in [6, 6.07) is -1.58. The highest BCUT2D eigenvalue weighted by Gasteiger charge is 2.34. The van der Waals surface area contributed by atoms with E-state index in [1.165, 1.54) is 4.90 Å².